The van der Waals surface area contributed by atoms with E-state index >= 15 is 0 Å². The molecule has 6 nitrogen and oxygen atoms in total. The fourth-order valence-electron chi connectivity index (χ4n) is 2.66. The van der Waals surface area contributed by atoms with Crippen LogP contribution in [0.25, 0.3) is 0 Å². The van der Waals surface area contributed by atoms with Crippen molar-refractivity contribution in [3.8, 4) is 0 Å². The highest BCUT2D eigenvalue weighted by Gasteiger charge is 2.29. The Morgan fingerprint density at radius 2 is 2.00 bits per heavy atom. The quantitative estimate of drug-likeness (QED) is 0.859. The molecule has 0 radical (unpaired) electrons. The highest BCUT2D eigenvalue weighted by molar-refractivity contribution is 5.78. The molecule has 2 amide bonds. The normalized spacial score (nSPS) is 19.2. The lowest BCUT2D eigenvalue weighted by Crippen LogP contribution is -2.49. The first-order valence-corrected chi connectivity index (χ1v) is 8.11. The third kappa shape index (κ3) is 5.83. The first kappa shape index (κ1) is 18.7. The average molecular weight is 313 g/mol. The number of hydrogen-bond donors (Lipinski definition) is 1. The number of ether oxygens (including phenoxy) is 1. The molecule has 1 fully saturated rings. The number of nitrogens with two attached hydrogens (primary N) is 1. The summed E-state index contributed by atoms with van der Waals surface area (Å²) in [7, 11) is 0. The maximum Gasteiger partial charge on any atom is 0.410 e. The third-order valence-corrected chi connectivity index (χ3v) is 3.75. The maximum absolute atomic E-state index is 12.3. The van der Waals surface area contributed by atoms with E-state index in [1.165, 1.54) is 0 Å². The summed E-state index contributed by atoms with van der Waals surface area (Å²) in [5.41, 5.74) is 4.94. The molecule has 1 heterocycles. The van der Waals surface area contributed by atoms with Crippen LogP contribution in [-0.2, 0) is 9.53 Å². The second-order valence-corrected chi connectivity index (χ2v) is 7.28. The van der Waals surface area contributed by atoms with Crippen molar-refractivity contribution in [2.45, 2.75) is 59.1 Å². The fraction of sp³-hybridized carbons (Fsp3) is 0.875. The predicted molar refractivity (Wildman–Crippen MR) is 86.4 cm³/mol. The molecular weight excluding hydrogens is 282 g/mol. The van der Waals surface area contributed by atoms with E-state index in [0.717, 1.165) is 19.4 Å². The van der Waals surface area contributed by atoms with Crippen molar-refractivity contribution in [1.82, 2.24) is 9.80 Å². The zero-order valence-electron chi connectivity index (χ0n) is 14.6. The molecule has 1 aliphatic heterocycles. The summed E-state index contributed by atoms with van der Waals surface area (Å²) in [4.78, 5) is 27.7. The monoisotopic (exact) mass is 313 g/mol. The molecule has 2 N–H and O–H groups in total. The summed E-state index contributed by atoms with van der Waals surface area (Å²) in [6.07, 6.45) is 1.68. The molecule has 22 heavy (non-hydrogen) atoms. The first-order chi connectivity index (χ1) is 10.1. The third-order valence-electron chi connectivity index (χ3n) is 3.75. The minimum absolute atomic E-state index is 0.0157. The largest absolute Gasteiger partial charge is 0.444 e. The van der Waals surface area contributed by atoms with Crippen molar-refractivity contribution in [2.24, 2.45) is 11.7 Å². The van der Waals surface area contributed by atoms with Crippen LogP contribution in [0.4, 0.5) is 4.79 Å². The summed E-state index contributed by atoms with van der Waals surface area (Å²) in [6.45, 7) is 11.7. The number of carbonyl (C=O) groups is 2. The van der Waals surface area contributed by atoms with Gasteiger partial charge in [-0.05, 0) is 53.4 Å². The van der Waals surface area contributed by atoms with Crippen molar-refractivity contribution in [1.29, 1.82) is 0 Å². The van der Waals surface area contributed by atoms with Gasteiger partial charge in [-0.15, -0.1) is 0 Å². The number of nitrogens with zero attached hydrogens (tertiary/aromatic N) is 2. The van der Waals surface area contributed by atoms with E-state index in [2.05, 4.69) is 0 Å². The summed E-state index contributed by atoms with van der Waals surface area (Å²) in [5, 5.41) is 0. The average Bonchev–Trinajstić information content (AvgIpc) is 2.41. The van der Waals surface area contributed by atoms with E-state index in [0.29, 0.717) is 13.1 Å². The second-order valence-electron chi connectivity index (χ2n) is 7.28. The fourth-order valence-corrected chi connectivity index (χ4v) is 2.66. The molecule has 0 spiro atoms. The smallest absolute Gasteiger partial charge is 0.410 e. The predicted octanol–water partition coefficient (Wildman–Crippen LogP) is 1.83. The molecule has 1 atom stereocenters. The van der Waals surface area contributed by atoms with Gasteiger partial charge in [0.25, 0.3) is 0 Å². The molecule has 0 aromatic rings. The van der Waals surface area contributed by atoms with Crippen LogP contribution in [0.5, 0.6) is 0 Å². The standard InChI is InChI=1S/C16H31N3O3/c1-12(2)19(15(21)22-16(3,4)5)11-13-7-6-8-18(10-13)14(20)9-17/h12-13H,6-11,17H2,1-5H3/t13-/m0/s1. The van der Waals surface area contributed by atoms with Crippen LogP contribution in [0.15, 0.2) is 0 Å². The highest BCUT2D eigenvalue weighted by atomic mass is 16.6. The molecule has 0 bridgehead atoms. The highest BCUT2D eigenvalue weighted by Crippen LogP contribution is 2.20. The van der Waals surface area contributed by atoms with Gasteiger partial charge in [0.1, 0.15) is 5.60 Å². The number of rotatable bonds is 4. The van der Waals surface area contributed by atoms with Crippen LogP contribution in [-0.4, -0.2) is 59.6 Å². The Balaban J connectivity index is 2.66. The number of amides is 2. The number of hydrogen-bond acceptors (Lipinski definition) is 4. The van der Waals surface area contributed by atoms with E-state index in [-0.39, 0.29) is 30.5 Å². The van der Waals surface area contributed by atoms with Crippen LogP contribution in [0.2, 0.25) is 0 Å². The summed E-state index contributed by atoms with van der Waals surface area (Å²) in [5.74, 6) is 0.261. The minimum atomic E-state index is -0.502. The maximum atomic E-state index is 12.3. The molecule has 0 aromatic heterocycles. The zero-order chi connectivity index (χ0) is 16.9. The lowest BCUT2D eigenvalue weighted by atomic mass is 9.97. The van der Waals surface area contributed by atoms with E-state index in [4.69, 9.17) is 10.5 Å². The lowest BCUT2D eigenvalue weighted by molar-refractivity contribution is -0.131. The van der Waals surface area contributed by atoms with Crippen molar-refractivity contribution in [3.05, 3.63) is 0 Å². The van der Waals surface area contributed by atoms with Crippen molar-refractivity contribution in [2.75, 3.05) is 26.2 Å². The number of carbonyl (C=O) groups excluding carboxylic acids is 2. The number of likely N-dealkylation sites (tertiary alicyclic amines) is 1. The minimum Gasteiger partial charge on any atom is -0.444 e. The van der Waals surface area contributed by atoms with Gasteiger partial charge in [-0.3, -0.25) is 4.79 Å². The molecule has 1 saturated heterocycles. The Morgan fingerprint density at radius 3 is 2.50 bits per heavy atom. The Morgan fingerprint density at radius 1 is 1.36 bits per heavy atom. The molecule has 6 heteroatoms. The van der Waals surface area contributed by atoms with Crippen molar-refractivity contribution >= 4 is 12.0 Å². The summed E-state index contributed by atoms with van der Waals surface area (Å²) >= 11 is 0. The topological polar surface area (TPSA) is 75.9 Å². The van der Waals surface area contributed by atoms with E-state index in [9.17, 15) is 9.59 Å². The Labute approximate surface area is 134 Å². The van der Waals surface area contributed by atoms with Crippen LogP contribution in [0.1, 0.15) is 47.5 Å². The van der Waals surface area contributed by atoms with Crippen molar-refractivity contribution in [3.63, 3.8) is 0 Å². The summed E-state index contributed by atoms with van der Waals surface area (Å²) < 4.78 is 5.48. The van der Waals surface area contributed by atoms with Gasteiger partial charge in [0.05, 0.1) is 6.54 Å². The molecule has 1 rings (SSSR count). The van der Waals surface area contributed by atoms with Gasteiger partial charge in [0.2, 0.25) is 5.91 Å². The van der Waals surface area contributed by atoms with Crippen LogP contribution in [0.3, 0.4) is 0 Å². The van der Waals surface area contributed by atoms with Crippen LogP contribution in [0, 0.1) is 5.92 Å². The van der Waals surface area contributed by atoms with Crippen molar-refractivity contribution < 1.29 is 14.3 Å². The molecular formula is C16H31N3O3. The number of piperidine rings is 1. The van der Waals surface area contributed by atoms with Gasteiger partial charge < -0.3 is 20.3 Å². The van der Waals surface area contributed by atoms with E-state index in [1.807, 2.05) is 39.5 Å². The van der Waals surface area contributed by atoms with E-state index < -0.39 is 5.60 Å². The Hall–Kier alpha value is -1.30. The van der Waals surface area contributed by atoms with E-state index in [1.54, 1.807) is 4.90 Å². The second kappa shape index (κ2) is 7.81. The molecule has 0 saturated carbocycles. The van der Waals surface area contributed by atoms with Crippen LogP contribution >= 0.6 is 0 Å². The molecule has 0 aliphatic carbocycles. The molecule has 128 valence electrons. The van der Waals surface area contributed by atoms with Gasteiger partial charge >= 0.3 is 6.09 Å². The SMILES string of the molecule is CC(C)N(C[C@H]1CCCN(C(=O)CN)C1)C(=O)OC(C)(C)C. The molecule has 0 unspecified atom stereocenters. The molecule has 1 aliphatic rings. The Bertz CT molecular complexity index is 391. The first-order valence-electron chi connectivity index (χ1n) is 8.11. The summed E-state index contributed by atoms with van der Waals surface area (Å²) in [6, 6.07) is 0.0652. The van der Waals surface area contributed by atoms with Gasteiger partial charge in [-0.1, -0.05) is 0 Å². The van der Waals surface area contributed by atoms with Gasteiger partial charge in [-0.25, -0.2) is 4.79 Å². The Kier molecular flexibility index (Phi) is 6.66. The van der Waals surface area contributed by atoms with Crippen LogP contribution < -0.4 is 5.73 Å². The lowest BCUT2D eigenvalue weighted by Gasteiger charge is -2.37. The van der Waals surface area contributed by atoms with Gasteiger partial charge in [0, 0.05) is 25.7 Å². The van der Waals surface area contributed by atoms with Gasteiger partial charge in [-0.2, -0.15) is 0 Å². The van der Waals surface area contributed by atoms with Gasteiger partial charge in [0.15, 0.2) is 0 Å². The molecule has 0 aromatic carbocycles. The zero-order valence-corrected chi connectivity index (χ0v) is 14.6.